The molecular weight excluding hydrogens is 368 g/mol. The minimum atomic E-state index is -0.594. The highest BCUT2D eigenvalue weighted by molar-refractivity contribution is 5.43. The molecule has 0 fully saturated rings. The summed E-state index contributed by atoms with van der Waals surface area (Å²) in [7, 11) is 0. The van der Waals surface area contributed by atoms with E-state index in [9.17, 15) is 5.26 Å². The Bertz CT molecular complexity index is 904. The lowest BCUT2D eigenvalue weighted by Gasteiger charge is -2.17. The molecule has 0 aromatic heterocycles. The summed E-state index contributed by atoms with van der Waals surface area (Å²) in [6, 6.07) is 20.7. The van der Waals surface area contributed by atoms with Crippen molar-refractivity contribution in [1.29, 1.82) is 0 Å². The predicted molar refractivity (Wildman–Crippen MR) is 112 cm³/mol. The van der Waals surface area contributed by atoms with Gasteiger partial charge in [0.15, 0.2) is 0 Å². The van der Waals surface area contributed by atoms with E-state index in [1.54, 1.807) is 0 Å². The average molecular weight is 394 g/mol. The van der Waals surface area contributed by atoms with Crippen LogP contribution in [0.4, 0.5) is 0 Å². The Balaban J connectivity index is 1.76. The molecule has 0 saturated carbocycles. The first-order valence-corrected chi connectivity index (χ1v) is 9.68. The smallest absolute Gasteiger partial charge is 0.143 e. The lowest BCUT2D eigenvalue weighted by Crippen LogP contribution is -2.05. The van der Waals surface area contributed by atoms with E-state index < -0.39 is 6.10 Å². The van der Waals surface area contributed by atoms with Crippen LogP contribution in [-0.4, -0.2) is 18.5 Å². The first-order valence-electron chi connectivity index (χ1n) is 9.68. The second-order valence-corrected chi connectivity index (χ2v) is 6.52. The van der Waals surface area contributed by atoms with Crippen molar-refractivity contribution in [3.63, 3.8) is 0 Å². The van der Waals surface area contributed by atoms with Gasteiger partial charge in [-0.05, 0) is 86.0 Å². The summed E-state index contributed by atoms with van der Waals surface area (Å²) in [5.41, 5.74) is 2.59. The third-order valence-electron chi connectivity index (χ3n) is 4.46. The Morgan fingerprint density at radius 3 is 1.76 bits per heavy atom. The minimum absolute atomic E-state index is 0.594. The fourth-order valence-corrected chi connectivity index (χ4v) is 3.07. The molecule has 0 aliphatic rings. The molecule has 1 unspecified atom stereocenters. The van der Waals surface area contributed by atoms with Gasteiger partial charge in [0.2, 0.25) is 0 Å². The van der Waals surface area contributed by atoms with Crippen LogP contribution in [0.5, 0.6) is 23.0 Å². The molecule has 0 aliphatic heterocycles. The van der Waals surface area contributed by atoms with Gasteiger partial charge in [0, 0.05) is 0 Å². The van der Waals surface area contributed by atoms with Gasteiger partial charge < -0.3 is 14.2 Å². The van der Waals surface area contributed by atoms with Crippen LogP contribution in [0.15, 0.2) is 66.7 Å². The van der Waals surface area contributed by atoms with Crippen molar-refractivity contribution in [3.05, 3.63) is 83.4 Å². The highest BCUT2D eigenvalue weighted by atomic mass is 17.1. The standard InChI is InChI=1S/C24H26O5/c1-4-26-20-9-6-18(7-10-20)24(29-25)19-8-15-23(17(3)16-19)28-22-13-11-21(12-14-22)27-5-2/h6-16,24-25H,4-5H2,1-3H3. The first-order chi connectivity index (χ1) is 14.1. The molecule has 5 nitrogen and oxygen atoms in total. The van der Waals surface area contributed by atoms with Crippen molar-refractivity contribution in [1.82, 2.24) is 0 Å². The van der Waals surface area contributed by atoms with Gasteiger partial charge in [0.1, 0.15) is 29.1 Å². The third kappa shape index (κ3) is 5.28. The van der Waals surface area contributed by atoms with Crippen LogP contribution in [0.25, 0.3) is 0 Å². The van der Waals surface area contributed by atoms with Crippen molar-refractivity contribution in [2.45, 2.75) is 26.9 Å². The molecule has 0 heterocycles. The van der Waals surface area contributed by atoms with Crippen LogP contribution >= 0.6 is 0 Å². The molecular formula is C24H26O5. The molecule has 0 amide bonds. The van der Waals surface area contributed by atoms with Gasteiger partial charge in [0.25, 0.3) is 0 Å². The number of hydrogen-bond acceptors (Lipinski definition) is 5. The van der Waals surface area contributed by atoms with Crippen molar-refractivity contribution in [3.8, 4) is 23.0 Å². The van der Waals surface area contributed by atoms with E-state index >= 15 is 0 Å². The molecule has 3 aromatic rings. The quantitative estimate of drug-likeness (QED) is 0.348. The van der Waals surface area contributed by atoms with Gasteiger partial charge in [-0.3, -0.25) is 5.26 Å². The molecule has 1 N–H and O–H groups in total. The number of benzene rings is 3. The normalized spacial score (nSPS) is 11.7. The van der Waals surface area contributed by atoms with Crippen molar-refractivity contribution in [2.24, 2.45) is 0 Å². The largest absolute Gasteiger partial charge is 0.494 e. The van der Waals surface area contributed by atoms with E-state index in [4.69, 9.17) is 19.1 Å². The van der Waals surface area contributed by atoms with Crippen LogP contribution < -0.4 is 14.2 Å². The molecule has 0 spiro atoms. The van der Waals surface area contributed by atoms with Gasteiger partial charge in [-0.1, -0.05) is 18.2 Å². The van der Waals surface area contributed by atoms with E-state index in [0.29, 0.717) is 13.2 Å². The summed E-state index contributed by atoms with van der Waals surface area (Å²) >= 11 is 0. The molecule has 152 valence electrons. The topological polar surface area (TPSA) is 57.2 Å². The maximum atomic E-state index is 9.50. The Labute approximate surface area is 171 Å². The lowest BCUT2D eigenvalue weighted by molar-refractivity contribution is -0.270. The molecule has 29 heavy (non-hydrogen) atoms. The Morgan fingerprint density at radius 1 is 0.724 bits per heavy atom. The third-order valence-corrected chi connectivity index (χ3v) is 4.46. The zero-order valence-corrected chi connectivity index (χ0v) is 16.9. The summed E-state index contributed by atoms with van der Waals surface area (Å²) in [6.45, 7) is 7.08. The molecule has 3 aromatic carbocycles. The highest BCUT2D eigenvalue weighted by Crippen LogP contribution is 2.32. The summed E-state index contributed by atoms with van der Waals surface area (Å²) in [6.07, 6.45) is -0.594. The van der Waals surface area contributed by atoms with Crippen LogP contribution in [0.1, 0.15) is 36.6 Å². The van der Waals surface area contributed by atoms with Crippen molar-refractivity contribution < 1.29 is 24.4 Å². The summed E-state index contributed by atoms with van der Waals surface area (Å²) in [4.78, 5) is 4.78. The molecule has 5 heteroatoms. The Hall–Kier alpha value is -3.02. The first kappa shape index (κ1) is 20.7. The molecule has 0 aliphatic carbocycles. The van der Waals surface area contributed by atoms with E-state index in [0.717, 1.165) is 39.7 Å². The number of ether oxygens (including phenoxy) is 3. The highest BCUT2D eigenvalue weighted by Gasteiger charge is 2.17. The maximum Gasteiger partial charge on any atom is 0.143 e. The maximum absolute atomic E-state index is 9.50. The predicted octanol–water partition coefficient (Wildman–Crippen LogP) is 6.16. The van der Waals surface area contributed by atoms with Gasteiger partial charge in [-0.25, -0.2) is 4.89 Å². The molecule has 0 radical (unpaired) electrons. The Morgan fingerprint density at radius 2 is 1.24 bits per heavy atom. The van der Waals surface area contributed by atoms with Crippen molar-refractivity contribution >= 4 is 0 Å². The van der Waals surface area contributed by atoms with E-state index in [1.807, 2.05) is 87.5 Å². The van der Waals surface area contributed by atoms with E-state index in [2.05, 4.69) is 0 Å². The van der Waals surface area contributed by atoms with Crippen LogP contribution in [-0.2, 0) is 4.89 Å². The summed E-state index contributed by atoms with van der Waals surface area (Å²) in [5, 5.41) is 9.50. The number of hydrogen-bond donors (Lipinski definition) is 1. The summed E-state index contributed by atoms with van der Waals surface area (Å²) < 4.78 is 16.9. The zero-order chi connectivity index (χ0) is 20.6. The Kier molecular flexibility index (Phi) is 7.11. The average Bonchev–Trinajstić information content (AvgIpc) is 2.73. The van der Waals surface area contributed by atoms with Gasteiger partial charge in [-0.15, -0.1) is 0 Å². The zero-order valence-electron chi connectivity index (χ0n) is 16.9. The van der Waals surface area contributed by atoms with Gasteiger partial charge in [0.05, 0.1) is 13.2 Å². The van der Waals surface area contributed by atoms with Crippen LogP contribution in [0, 0.1) is 6.92 Å². The lowest BCUT2D eigenvalue weighted by atomic mass is 9.99. The molecule has 1 atom stereocenters. The van der Waals surface area contributed by atoms with E-state index in [-0.39, 0.29) is 0 Å². The minimum Gasteiger partial charge on any atom is -0.494 e. The second-order valence-electron chi connectivity index (χ2n) is 6.52. The van der Waals surface area contributed by atoms with Crippen molar-refractivity contribution in [2.75, 3.05) is 13.2 Å². The fraction of sp³-hybridized carbons (Fsp3) is 0.250. The number of aryl methyl sites for hydroxylation is 1. The number of rotatable bonds is 9. The van der Waals surface area contributed by atoms with Crippen LogP contribution in [0.2, 0.25) is 0 Å². The molecule has 0 saturated heterocycles. The van der Waals surface area contributed by atoms with Gasteiger partial charge in [-0.2, -0.15) is 0 Å². The molecule has 3 rings (SSSR count). The fourth-order valence-electron chi connectivity index (χ4n) is 3.07. The monoisotopic (exact) mass is 394 g/mol. The van der Waals surface area contributed by atoms with Crippen LogP contribution in [0.3, 0.4) is 0 Å². The second kappa shape index (κ2) is 9.96. The van der Waals surface area contributed by atoms with E-state index in [1.165, 1.54) is 0 Å². The summed E-state index contributed by atoms with van der Waals surface area (Å²) in [5.74, 6) is 3.06. The SMILES string of the molecule is CCOc1ccc(Oc2ccc(C(OO)c3ccc(OCC)cc3)cc2C)cc1. The molecule has 0 bridgehead atoms. The van der Waals surface area contributed by atoms with Gasteiger partial charge >= 0.3 is 0 Å².